The Morgan fingerprint density at radius 1 is 1.10 bits per heavy atom. The zero-order chi connectivity index (χ0) is 15.7. The first-order chi connectivity index (χ1) is 9.96. The summed E-state index contributed by atoms with van der Waals surface area (Å²) in [6, 6.07) is -0.247. The van der Waals surface area contributed by atoms with E-state index in [0.717, 1.165) is 38.5 Å². The number of nitrogens with one attached hydrogen (secondary N) is 2. The second-order valence-corrected chi connectivity index (χ2v) is 6.65. The van der Waals surface area contributed by atoms with Crippen LogP contribution < -0.4 is 10.6 Å². The molecule has 0 aliphatic heterocycles. The molecular weight excluding hydrogens is 268 g/mol. The molecule has 0 unspecified atom stereocenters. The number of carbonyl (C=O) groups is 2. The number of rotatable bonds is 7. The number of hydrogen-bond donors (Lipinski definition) is 3. The molecule has 1 rings (SSSR count). The number of amides is 2. The fraction of sp³-hybridized carbons (Fsp3) is 0.875. The third-order valence-electron chi connectivity index (χ3n) is 4.35. The molecule has 1 aliphatic rings. The SMILES string of the molecule is CC(C)CCCNC(=O)NCC1(C(=O)O)CCCCCC1. The summed E-state index contributed by atoms with van der Waals surface area (Å²) in [5.74, 6) is -0.138. The first-order valence-corrected chi connectivity index (χ1v) is 8.21. The molecule has 0 radical (unpaired) electrons. The molecule has 0 bridgehead atoms. The van der Waals surface area contributed by atoms with Gasteiger partial charge in [-0.25, -0.2) is 4.79 Å². The van der Waals surface area contributed by atoms with E-state index in [1.807, 2.05) is 0 Å². The molecule has 0 saturated heterocycles. The first kappa shape index (κ1) is 17.8. The zero-order valence-electron chi connectivity index (χ0n) is 13.4. The van der Waals surface area contributed by atoms with Crippen LogP contribution in [0.3, 0.4) is 0 Å². The van der Waals surface area contributed by atoms with E-state index in [1.54, 1.807) is 0 Å². The Balaban J connectivity index is 2.35. The largest absolute Gasteiger partial charge is 0.481 e. The maximum Gasteiger partial charge on any atom is 0.314 e. The number of carboxylic acid groups (broad SMARTS) is 1. The van der Waals surface area contributed by atoms with Gasteiger partial charge in [0, 0.05) is 13.1 Å². The summed E-state index contributed by atoms with van der Waals surface area (Å²) in [6.45, 7) is 5.19. The maximum absolute atomic E-state index is 11.8. The van der Waals surface area contributed by atoms with Crippen LogP contribution in [0, 0.1) is 11.3 Å². The average molecular weight is 298 g/mol. The molecule has 0 aromatic carbocycles. The molecule has 0 aromatic rings. The molecule has 0 spiro atoms. The van der Waals surface area contributed by atoms with E-state index in [9.17, 15) is 14.7 Å². The van der Waals surface area contributed by atoms with E-state index >= 15 is 0 Å². The molecule has 0 atom stereocenters. The lowest BCUT2D eigenvalue weighted by Crippen LogP contribution is -2.46. The number of hydrogen-bond acceptors (Lipinski definition) is 2. The number of urea groups is 1. The predicted molar refractivity (Wildman–Crippen MR) is 83.2 cm³/mol. The Kier molecular flexibility index (Phi) is 7.54. The third kappa shape index (κ3) is 6.36. The molecule has 2 amide bonds. The molecule has 1 fully saturated rings. The van der Waals surface area contributed by atoms with Gasteiger partial charge in [0.1, 0.15) is 0 Å². The number of carbonyl (C=O) groups excluding carboxylic acids is 1. The molecule has 3 N–H and O–H groups in total. The van der Waals surface area contributed by atoms with Gasteiger partial charge in [-0.1, -0.05) is 39.5 Å². The van der Waals surface area contributed by atoms with E-state index in [4.69, 9.17) is 0 Å². The van der Waals surface area contributed by atoms with Crippen LogP contribution in [0.25, 0.3) is 0 Å². The molecule has 0 aromatic heterocycles. The van der Waals surface area contributed by atoms with Crippen molar-refractivity contribution in [2.75, 3.05) is 13.1 Å². The fourth-order valence-electron chi connectivity index (χ4n) is 2.90. The van der Waals surface area contributed by atoms with E-state index in [0.29, 0.717) is 25.3 Å². The highest BCUT2D eigenvalue weighted by Crippen LogP contribution is 2.34. The molecule has 21 heavy (non-hydrogen) atoms. The van der Waals surface area contributed by atoms with Crippen molar-refractivity contribution in [3.05, 3.63) is 0 Å². The Labute approximate surface area is 127 Å². The lowest BCUT2D eigenvalue weighted by atomic mass is 9.80. The smallest absolute Gasteiger partial charge is 0.314 e. The van der Waals surface area contributed by atoms with Crippen LogP contribution in [-0.2, 0) is 4.79 Å². The second-order valence-electron chi connectivity index (χ2n) is 6.65. The van der Waals surface area contributed by atoms with Crippen molar-refractivity contribution in [2.24, 2.45) is 11.3 Å². The van der Waals surface area contributed by atoms with Crippen molar-refractivity contribution >= 4 is 12.0 Å². The highest BCUT2D eigenvalue weighted by atomic mass is 16.4. The second kappa shape index (κ2) is 8.90. The third-order valence-corrected chi connectivity index (χ3v) is 4.35. The maximum atomic E-state index is 11.8. The summed E-state index contributed by atoms with van der Waals surface area (Å²) < 4.78 is 0. The fourth-order valence-corrected chi connectivity index (χ4v) is 2.90. The lowest BCUT2D eigenvalue weighted by Gasteiger charge is -2.28. The van der Waals surface area contributed by atoms with Crippen LogP contribution in [-0.4, -0.2) is 30.2 Å². The Bertz CT molecular complexity index is 334. The van der Waals surface area contributed by atoms with Crippen LogP contribution in [0.5, 0.6) is 0 Å². The topological polar surface area (TPSA) is 78.4 Å². The number of carboxylic acids is 1. The van der Waals surface area contributed by atoms with Gasteiger partial charge in [-0.2, -0.15) is 0 Å². The normalized spacial score (nSPS) is 18.0. The van der Waals surface area contributed by atoms with Crippen molar-refractivity contribution in [2.45, 2.75) is 65.2 Å². The van der Waals surface area contributed by atoms with Gasteiger partial charge in [-0.3, -0.25) is 4.79 Å². The van der Waals surface area contributed by atoms with E-state index < -0.39 is 11.4 Å². The van der Waals surface area contributed by atoms with Crippen molar-refractivity contribution in [3.63, 3.8) is 0 Å². The highest BCUT2D eigenvalue weighted by molar-refractivity contribution is 5.78. The molecule has 1 saturated carbocycles. The standard InChI is InChI=1S/C16H30N2O3/c1-13(2)8-7-11-17-15(21)18-12-16(14(19)20)9-5-3-4-6-10-16/h13H,3-12H2,1-2H3,(H,19,20)(H2,17,18,21). The van der Waals surface area contributed by atoms with Gasteiger partial charge in [0.2, 0.25) is 0 Å². The monoisotopic (exact) mass is 298 g/mol. The van der Waals surface area contributed by atoms with Crippen LogP contribution >= 0.6 is 0 Å². The van der Waals surface area contributed by atoms with Gasteiger partial charge in [0.15, 0.2) is 0 Å². The van der Waals surface area contributed by atoms with Crippen molar-refractivity contribution in [3.8, 4) is 0 Å². The minimum absolute atomic E-state index is 0.234. The minimum atomic E-state index is -0.774. The summed E-state index contributed by atoms with van der Waals surface area (Å²) >= 11 is 0. The Hall–Kier alpha value is -1.26. The lowest BCUT2D eigenvalue weighted by molar-refractivity contribution is -0.149. The van der Waals surface area contributed by atoms with Gasteiger partial charge < -0.3 is 15.7 Å². The molecule has 122 valence electrons. The van der Waals surface area contributed by atoms with Crippen LogP contribution in [0.2, 0.25) is 0 Å². The van der Waals surface area contributed by atoms with E-state index in [-0.39, 0.29) is 12.6 Å². The average Bonchev–Trinajstić information content (AvgIpc) is 2.67. The zero-order valence-corrected chi connectivity index (χ0v) is 13.4. The van der Waals surface area contributed by atoms with Gasteiger partial charge in [0.25, 0.3) is 0 Å². The van der Waals surface area contributed by atoms with Crippen LogP contribution in [0.1, 0.15) is 65.2 Å². The predicted octanol–water partition coefficient (Wildman–Crippen LogP) is 3.15. The Morgan fingerprint density at radius 3 is 2.24 bits per heavy atom. The van der Waals surface area contributed by atoms with E-state index in [1.165, 1.54) is 0 Å². The van der Waals surface area contributed by atoms with Gasteiger partial charge >= 0.3 is 12.0 Å². The first-order valence-electron chi connectivity index (χ1n) is 8.21. The summed E-state index contributed by atoms with van der Waals surface area (Å²) in [5, 5.41) is 15.1. The van der Waals surface area contributed by atoms with E-state index in [2.05, 4.69) is 24.5 Å². The van der Waals surface area contributed by atoms with Crippen molar-refractivity contribution < 1.29 is 14.7 Å². The van der Waals surface area contributed by atoms with Gasteiger partial charge in [-0.05, 0) is 31.6 Å². The minimum Gasteiger partial charge on any atom is -0.481 e. The van der Waals surface area contributed by atoms with Gasteiger partial charge in [-0.15, -0.1) is 0 Å². The Morgan fingerprint density at radius 2 is 1.71 bits per heavy atom. The summed E-state index contributed by atoms with van der Waals surface area (Å²) in [5.41, 5.74) is -0.772. The number of aliphatic carboxylic acids is 1. The van der Waals surface area contributed by atoms with Crippen molar-refractivity contribution in [1.29, 1.82) is 0 Å². The summed E-state index contributed by atoms with van der Waals surface area (Å²) in [6.07, 6.45) is 7.42. The summed E-state index contributed by atoms with van der Waals surface area (Å²) in [4.78, 5) is 23.4. The van der Waals surface area contributed by atoms with Crippen LogP contribution in [0.15, 0.2) is 0 Å². The molecule has 0 heterocycles. The molecule has 1 aliphatic carbocycles. The molecule has 5 nitrogen and oxygen atoms in total. The summed E-state index contributed by atoms with van der Waals surface area (Å²) in [7, 11) is 0. The quantitative estimate of drug-likeness (QED) is 0.499. The van der Waals surface area contributed by atoms with Gasteiger partial charge in [0.05, 0.1) is 5.41 Å². The van der Waals surface area contributed by atoms with Crippen LogP contribution in [0.4, 0.5) is 4.79 Å². The highest BCUT2D eigenvalue weighted by Gasteiger charge is 2.38. The molecule has 5 heteroatoms. The van der Waals surface area contributed by atoms with Crippen molar-refractivity contribution in [1.82, 2.24) is 10.6 Å². The molecular formula is C16H30N2O3.